The van der Waals surface area contributed by atoms with E-state index in [1.54, 1.807) is 22.7 Å². The zero-order valence-electron chi connectivity index (χ0n) is 14.3. The summed E-state index contributed by atoms with van der Waals surface area (Å²) < 4.78 is 5.78. The minimum atomic E-state index is -0.714. The van der Waals surface area contributed by atoms with Crippen LogP contribution < -0.4 is 15.0 Å². The first kappa shape index (κ1) is 18.6. The van der Waals surface area contributed by atoms with Crippen LogP contribution in [0.5, 0.6) is 5.75 Å². The highest BCUT2D eigenvalue weighted by Gasteiger charge is 2.32. The molecule has 0 radical (unpaired) electrons. The number of anilines is 1. The van der Waals surface area contributed by atoms with Crippen molar-refractivity contribution in [3.8, 4) is 5.75 Å². The van der Waals surface area contributed by atoms with Crippen LogP contribution in [0.25, 0.3) is 0 Å². The first-order valence-corrected chi connectivity index (χ1v) is 9.61. The van der Waals surface area contributed by atoms with Gasteiger partial charge in [-0.05, 0) is 36.4 Å². The maximum atomic E-state index is 12.4. The topological polar surface area (TPSA) is 58.6 Å². The standard InChI is InChI=1S/C19H19ClN2O3S/c1-13(23)22-12-18(25-17-5-3-2-4-16(17)22)19(24)21-10-11-26-15-8-6-14(20)7-9-15/h2-9,18H,10-12H2,1H3,(H,21,24)/t18-/m0/s1. The summed E-state index contributed by atoms with van der Waals surface area (Å²) >= 11 is 7.50. The van der Waals surface area contributed by atoms with E-state index < -0.39 is 6.10 Å². The van der Waals surface area contributed by atoms with Crippen LogP contribution in [-0.2, 0) is 9.59 Å². The molecule has 0 aromatic heterocycles. The molecule has 5 nitrogen and oxygen atoms in total. The Morgan fingerprint density at radius 2 is 1.96 bits per heavy atom. The molecule has 136 valence electrons. The third kappa shape index (κ3) is 4.51. The van der Waals surface area contributed by atoms with E-state index >= 15 is 0 Å². The Kier molecular flexibility index (Phi) is 6.06. The van der Waals surface area contributed by atoms with E-state index in [0.717, 1.165) is 10.6 Å². The molecule has 2 amide bonds. The molecule has 0 fully saturated rings. The van der Waals surface area contributed by atoms with Crippen molar-refractivity contribution < 1.29 is 14.3 Å². The fourth-order valence-corrected chi connectivity index (χ4v) is 3.55. The van der Waals surface area contributed by atoms with E-state index in [1.807, 2.05) is 42.5 Å². The number of halogens is 1. The van der Waals surface area contributed by atoms with Crippen LogP contribution in [0.4, 0.5) is 5.69 Å². The summed E-state index contributed by atoms with van der Waals surface area (Å²) in [6.45, 7) is 2.20. The third-order valence-corrected chi connectivity index (χ3v) is 5.20. The maximum Gasteiger partial charge on any atom is 0.263 e. The Hall–Kier alpha value is -2.18. The number of hydrogen-bond donors (Lipinski definition) is 1. The van der Waals surface area contributed by atoms with Crippen LogP contribution in [-0.4, -0.2) is 36.8 Å². The van der Waals surface area contributed by atoms with Gasteiger partial charge in [-0.2, -0.15) is 0 Å². The maximum absolute atomic E-state index is 12.4. The number of hydrogen-bond acceptors (Lipinski definition) is 4. The SMILES string of the molecule is CC(=O)N1C[C@@H](C(=O)NCCSc2ccc(Cl)cc2)Oc2ccccc21. The highest BCUT2D eigenvalue weighted by Crippen LogP contribution is 2.33. The van der Waals surface area contributed by atoms with Gasteiger partial charge >= 0.3 is 0 Å². The molecule has 1 aliphatic heterocycles. The molecule has 1 N–H and O–H groups in total. The number of benzene rings is 2. The number of carbonyl (C=O) groups excluding carboxylic acids is 2. The van der Waals surface area contributed by atoms with Gasteiger partial charge in [0.25, 0.3) is 5.91 Å². The van der Waals surface area contributed by atoms with Crippen LogP contribution in [0.2, 0.25) is 5.02 Å². The number of thioether (sulfide) groups is 1. The van der Waals surface area contributed by atoms with Gasteiger partial charge in [0, 0.05) is 29.1 Å². The molecule has 0 unspecified atom stereocenters. The first-order chi connectivity index (χ1) is 12.5. The van der Waals surface area contributed by atoms with E-state index in [-0.39, 0.29) is 18.4 Å². The molecule has 0 spiro atoms. The number of ether oxygens (including phenoxy) is 1. The molecule has 0 saturated carbocycles. The summed E-state index contributed by atoms with van der Waals surface area (Å²) in [6, 6.07) is 14.8. The summed E-state index contributed by atoms with van der Waals surface area (Å²) in [4.78, 5) is 27.0. The third-order valence-electron chi connectivity index (χ3n) is 3.93. The molecular weight excluding hydrogens is 372 g/mol. The molecular formula is C19H19ClN2O3S. The monoisotopic (exact) mass is 390 g/mol. The molecule has 2 aromatic rings. The average Bonchev–Trinajstić information content (AvgIpc) is 2.65. The van der Waals surface area contributed by atoms with E-state index in [4.69, 9.17) is 16.3 Å². The summed E-state index contributed by atoms with van der Waals surface area (Å²) in [5.74, 6) is 0.941. The second-order valence-electron chi connectivity index (χ2n) is 5.80. The molecule has 1 heterocycles. The van der Waals surface area contributed by atoms with Crippen molar-refractivity contribution in [2.75, 3.05) is 23.7 Å². The van der Waals surface area contributed by atoms with Crippen molar-refractivity contribution in [1.82, 2.24) is 5.32 Å². The number of amides is 2. The molecule has 1 aliphatic rings. The van der Waals surface area contributed by atoms with E-state index in [2.05, 4.69) is 5.32 Å². The average molecular weight is 391 g/mol. The van der Waals surface area contributed by atoms with E-state index in [9.17, 15) is 9.59 Å². The van der Waals surface area contributed by atoms with Gasteiger partial charge in [-0.1, -0.05) is 23.7 Å². The number of nitrogens with one attached hydrogen (secondary N) is 1. The Balaban J connectivity index is 1.53. The van der Waals surface area contributed by atoms with Crippen molar-refractivity contribution in [3.63, 3.8) is 0 Å². The lowest BCUT2D eigenvalue weighted by Crippen LogP contribution is -2.50. The number of carbonyl (C=O) groups is 2. The lowest BCUT2D eigenvalue weighted by atomic mass is 10.1. The van der Waals surface area contributed by atoms with Crippen LogP contribution in [0.15, 0.2) is 53.4 Å². The normalized spacial score (nSPS) is 15.8. The highest BCUT2D eigenvalue weighted by atomic mass is 35.5. The fourth-order valence-electron chi connectivity index (χ4n) is 2.66. The zero-order valence-corrected chi connectivity index (χ0v) is 15.8. The van der Waals surface area contributed by atoms with Gasteiger partial charge in [0.15, 0.2) is 6.10 Å². The van der Waals surface area contributed by atoms with Crippen molar-refractivity contribution >= 4 is 40.9 Å². The fraction of sp³-hybridized carbons (Fsp3) is 0.263. The zero-order chi connectivity index (χ0) is 18.5. The van der Waals surface area contributed by atoms with Gasteiger partial charge in [0.1, 0.15) is 5.75 Å². The van der Waals surface area contributed by atoms with Gasteiger partial charge in [0.05, 0.1) is 12.2 Å². The van der Waals surface area contributed by atoms with Gasteiger partial charge in [-0.15, -0.1) is 11.8 Å². The van der Waals surface area contributed by atoms with Crippen molar-refractivity contribution in [3.05, 3.63) is 53.6 Å². The summed E-state index contributed by atoms with van der Waals surface area (Å²) in [6.07, 6.45) is -0.714. The molecule has 0 bridgehead atoms. The smallest absolute Gasteiger partial charge is 0.263 e. The van der Waals surface area contributed by atoms with Crippen LogP contribution in [0.1, 0.15) is 6.92 Å². The van der Waals surface area contributed by atoms with E-state index in [0.29, 0.717) is 23.0 Å². The summed E-state index contributed by atoms with van der Waals surface area (Å²) in [7, 11) is 0. The van der Waals surface area contributed by atoms with Crippen molar-refractivity contribution in [1.29, 1.82) is 0 Å². The van der Waals surface area contributed by atoms with Gasteiger partial charge in [0.2, 0.25) is 5.91 Å². The number of nitrogens with zero attached hydrogens (tertiary/aromatic N) is 1. The second kappa shape index (κ2) is 8.47. The first-order valence-electron chi connectivity index (χ1n) is 8.24. The molecule has 26 heavy (non-hydrogen) atoms. The minimum Gasteiger partial charge on any atom is -0.477 e. The molecule has 0 aliphatic carbocycles. The molecule has 7 heteroatoms. The second-order valence-corrected chi connectivity index (χ2v) is 7.40. The predicted octanol–water partition coefficient (Wildman–Crippen LogP) is 3.36. The molecule has 3 rings (SSSR count). The minimum absolute atomic E-state index is 0.114. The van der Waals surface area contributed by atoms with Gasteiger partial charge in [-0.3, -0.25) is 9.59 Å². The van der Waals surface area contributed by atoms with E-state index in [1.165, 1.54) is 6.92 Å². The van der Waals surface area contributed by atoms with Crippen LogP contribution in [0.3, 0.4) is 0 Å². The molecule has 0 saturated heterocycles. The lowest BCUT2D eigenvalue weighted by Gasteiger charge is -2.33. The Morgan fingerprint density at radius 3 is 2.69 bits per heavy atom. The van der Waals surface area contributed by atoms with Crippen LogP contribution >= 0.6 is 23.4 Å². The van der Waals surface area contributed by atoms with Crippen molar-refractivity contribution in [2.24, 2.45) is 0 Å². The highest BCUT2D eigenvalue weighted by molar-refractivity contribution is 7.99. The quantitative estimate of drug-likeness (QED) is 0.628. The predicted molar refractivity (Wildman–Crippen MR) is 104 cm³/mol. The van der Waals surface area contributed by atoms with Gasteiger partial charge in [-0.25, -0.2) is 0 Å². The molecule has 2 aromatic carbocycles. The number of fused-ring (bicyclic) bond motifs is 1. The summed E-state index contributed by atoms with van der Waals surface area (Å²) in [5, 5.41) is 3.58. The Labute approximate surface area is 161 Å². The Morgan fingerprint density at radius 1 is 1.23 bits per heavy atom. The van der Waals surface area contributed by atoms with Crippen molar-refractivity contribution in [2.45, 2.75) is 17.9 Å². The largest absolute Gasteiger partial charge is 0.477 e. The number of para-hydroxylation sites is 2. The molecule has 1 atom stereocenters. The summed E-state index contributed by atoms with van der Waals surface area (Å²) in [5.41, 5.74) is 0.697. The van der Waals surface area contributed by atoms with Crippen LogP contribution in [0, 0.1) is 0 Å². The number of rotatable bonds is 5. The Bertz CT molecular complexity index is 798. The van der Waals surface area contributed by atoms with Gasteiger partial charge < -0.3 is 15.0 Å². The lowest BCUT2D eigenvalue weighted by molar-refractivity contribution is -0.128.